The maximum absolute atomic E-state index is 5.85. The van der Waals surface area contributed by atoms with E-state index < -0.39 is 0 Å². The maximum Gasteiger partial charge on any atom is 0.0366 e. The molecule has 3 heteroatoms. The molecule has 0 saturated heterocycles. The third kappa shape index (κ3) is 4.25. The third-order valence-electron chi connectivity index (χ3n) is 3.23. The van der Waals surface area contributed by atoms with Crippen molar-refractivity contribution in [3.63, 3.8) is 0 Å². The molecule has 0 aliphatic carbocycles. The molecule has 0 radical (unpaired) electrons. The van der Waals surface area contributed by atoms with Crippen LogP contribution in [0, 0.1) is 0 Å². The highest BCUT2D eigenvalue weighted by Crippen LogP contribution is 2.20. The fraction of sp³-hybridized carbons (Fsp3) is 0.571. The van der Waals surface area contributed by atoms with Gasteiger partial charge >= 0.3 is 0 Å². The molecule has 0 saturated carbocycles. The zero-order valence-electron chi connectivity index (χ0n) is 11.3. The SMILES string of the molecule is CSCCC(C)N(C)c1ccc([C@@H](C)N)cc1. The number of anilines is 1. The van der Waals surface area contributed by atoms with Crippen LogP contribution in [0.5, 0.6) is 0 Å². The molecule has 2 nitrogen and oxygen atoms in total. The van der Waals surface area contributed by atoms with E-state index in [4.69, 9.17) is 5.73 Å². The van der Waals surface area contributed by atoms with Crippen molar-refractivity contribution < 1.29 is 0 Å². The Kier molecular flexibility index (Phi) is 5.86. The van der Waals surface area contributed by atoms with Crippen LogP contribution < -0.4 is 10.6 Å². The van der Waals surface area contributed by atoms with Gasteiger partial charge in [-0.1, -0.05) is 12.1 Å². The highest BCUT2D eigenvalue weighted by molar-refractivity contribution is 7.98. The normalized spacial score (nSPS) is 14.4. The zero-order chi connectivity index (χ0) is 12.8. The van der Waals surface area contributed by atoms with E-state index in [1.165, 1.54) is 23.4 Å². The van der Waals surface area contributed by atoms with Crippen LogP contribution in [0.4, 0.5) is 5.69 Å². The van der Waals surface area contributed by atoms with E-state index in [2.05, 4.69) is 49.4 Å². The summed E-state index contributed by atoms with van der Waals surface area (Å²) in [6.45, 7) is 4.29. The lowest BCUT2D eigenvalue weighted by molar-refractivity contribution is 0.669. The minimum Gasteiger partial charge on any atom is -0.372 e. The van der Waals surface area contributed by atoms with E-state index in [9.17, 15) is 0 Å². The molecular weight excluding hydrogens is 228 g/mol. The van der Waals surface area contributed by atoms with Gasteiger partial charge in [-0.25, -0.2) is 0 Å². The molecule has 0 aliphatic rings. The molecule has 0 spiro atoms. The van der Waals surface area contributed by atoms with E-state index in [-0.39, 0.29) is 6.04 Å². The predicted octanol–water partition coefficient (Wildman–Crippen LogP) is 3.28. The fourth-order valence-electron chi connectivity index (χ4n) is 1.75. The van der Waals surface area contributed by atoms with Crippen LogP contribution in [0.15, 0.2) is 24.3 Å². The van der Waals surface area contributed by atoms with Crippen molar-refractivity contribution in [1.82, 2.24) is 0 Å². The lowest BCUT2D eigenvalue weighted by atomic mass is 10.1. The average Bonchev–Trinajstić information content (AvgIpc) is 2.35. The maximum atomic E-state index is 5.85. The van der Waals surface area contributed by atoms with Crippen molar-refractivity contribution in [3.05, 3.63) is 29.8 Å². The number of rotatable bonds is 6. The fourth-order valence-corrected chi connectivity index (χ4v) is 2.33. The molecule has 0 aromatic heterocycles. The molecule has 1 aromatic carbocycles. The van der Waals surface area contributed by atoms with Gasteiger partial charge in [0.05, 0.1) is 0 Å². The van der Waals surface area contributed by atoms with Crippen LogP contribution in [0.25, 0.3) is 0 Å². The molecule has 1 rings (SSSR count). The first-order chi connectivity index (χ1) is 8.06. The van der Waals surface area contributed by atoms with Crippen molar-refractivity contribution >= 4 is 17.4 Å². The standard InChI is InChI=1S/C14H24N2S/c1-11(9-10-17-4)16(3)14-7-5-13(6-8-14)12(2)15/h5-8,11-12H,9-10,15H2,1-4H3/t11?,12-/m1/s1. The van der Waals surface area contributed by atoms with Gasteiger partial charge in [0, 0.05) is 24.8 Å². The van der Waals surface area contributed by atoms with Crippen LogP contribution >= 0.6 is 11.8 Å². The van der Waals surface area contributed by atoms with Crippen LogP contribution in [0.3, 0.4) is 0 Å². The van der Waals surface area contributed by atoms with E-state index in [1.54, 1.807) is 0 Å². The minimum atomic E-state index is 0.114. The molecule has 0 amide bonds. The summed E-state index contributed by atoms with van der Waals surface area (Å²) in [7, 11) is 2.16. The van der Waals surface area contributed by atoms with Crippen LogP contribution in [-0.2, 0) is 0 Å². The van der Waals surface area contributed by atoms with Crippen LogP contribution in [0.2, 0.25) is 0 Å². The van der Waals surface area contributed by atoms with E-state index in [0.29, 0.717) is 6.04 Å². The van der Waals surface area contributed by atoms with Gasteiger partial charge in [-0.15, -0.1) is 0 Å². The molecule has 0 bridgehead atoms. The molecule has 17 heavy (non-hydrogen) atoms. The number of hydrogen-bond donors (Lipinski definition) is 1. The monoisotopic (exact) mass is 252 g/mol. The molecule has 0 heterocycles. The number of nitrogens with zero attached hydrogens (tertiary/aromatic N) is 1. The minimum absolute atomic E-state index is 0.114. The molecule has 0 aliphatic heterocycles. The van der Waals surface area contributed by atoms with Crippen LogP contribution in [0.1, 0.15) is 31.9 Å². The molecule has 1 unspecified atom stereocenters. The van der Waals surface area contributed by atoms with Gasteiger partial charge in [-0.05, 0) is 50.0 Å². The van der Waals surface area contributed by atoms with Gasteiger partial charge < -0.3 is 10.6 Å². The van der Waals surface area contributed by atoms with Crippen LogP contribution in [-0.4, -0.2) is 25.1 Å². The van der Waals surface area contributed by atoms with Crippen molar-refractivity contribution in [2.24, 2.45) is 5.73 Å². The molecule has 96 valence electrons. The van der Waals surface area contributed by atoms with E-state index >= 15 is 0 Å². The Balaban J connectivity index is 2.65. The summed E-state index contributed by atoms with van der Waals surface area (Å²) < 4.78 is 0. The summed E-state index contributed by atoms with van der Waals surface area (Å²) in [5, 5.41) is 0. The van der Waals surface area contributed by atoms with Gasteiger partial charge in [0.15, 0.2) is 0 Å². The Morgan fingerprint density at radius 1 is 1.24 bits per heavy atom. The van der Waals surface area contributed by atoms with E-state index in [1.807, 2.05) is 18.7 Å². The first kappa shape index (κ1) is 14.4. The van der Waals surface area contributed by atoms with Crippen molar-refractivity contribution in [2.45, 2.75) is 32.4 Å². The lowest BCUT2D eigenvalue weighted by Gasteiger charge is -2.27. The highest BCUT2D eigenvalue weighted by atomic mass is 32.2. The molecule has 2 atom stereocenters. The second kappa shape index (κ2) is 6.92. The smallest absolute Gasteiger partial charge is 0.0366 e. The summed E-state index contributed by atoms with van der Waals surface area (Å²) >= 11 is 1.91. The molecule has 2 N–H and O–H groups in total. The Hall–Kier alpha value is -0.670. The number of benzene rings is 1. The first-order valence-electron chi connectivity index (χ1n) is 6.13. The quantitative estimate of drug-likeness (QED) is 0.842. The van der Waals surface area contributed by atoms with Gasteiger partial charge in [-0.3, -0.25) is 0 Å². The second-order valence-corrected chi connectivity index (χ2v) is 5.61. The predicted molar refractivity (Wildman–Crippen MR) is 79.9 cm³/mol. The van der Waals surface area contributed by atoms with Crippen molar-refractivity contribution in [3.8, 4) is 0 Å². The number of thioether (sulfide) groups is 1. The molecule has 0 fully saturated rings. The largest absolute Gasteiger partial charge is 0.372 e. The van der Waals surface area contributed by atoms with Crippen molar-refractivity contribution in [1.29, 1.82) is 0 Å². The van der Waals surface area contributed by atoms with Gasteiger partial charge in [0.1, 0.15) is 0 Å². The Morgan fingerprint density at radius 3 is 2.29 bits per heavy atom. The summed E-state index contributed by atoms with van der Waals surface area (Å²) in [4.78, 5) is 2.33. The number of hydrogen-bond acceptors (Lipinski definition) is 3. The average molecular weight is 252 g/mol. The molecular formula is C14H24N2S. The number of nitrogens with two attached hydrogens (primary N) is 1. The van der Waals surface area contributed by atoms with Gasteiger partial charge in [0.2, 0.25) is 0 Å². The Bertz CT molecular complexity index is 321. The highest BCUT2D eigenvalue weighted by Gasteiger charge is 2.09. The molecule has 1 aromatic rings. The first-order valence-corrected chi connectivity index (χ1v) is 7.53. The topological polar surface area (TPSA) is 29.3 Å². The Morgan fingerprint density at radius 2 is 1.82 bits per heavy atom. The summed E-state index contributed by atoms with van der Waals surface area (Å²) in [6, 6.07) is 9.25. The van der Waals surface area contributed by atoms with Gasteiger partial charge in [0.25, 0.3) is 0 Å². The zero-order valence-corrected chi connectivity index (χ0v) is 12.1. The third-order valence-corrected chi connectivity index (χ3v) is 3.87. The Labute approximate surface area is 110 Å². The van der Waals surface area contributed by atoms with E-state index in [0.717, 1.165) is 0 Å². The second-order valence-electron chi connectivity index (χ2n) is 4.62. The lowest BCUT2D eigenvalue weighted by Crippen LogP contribution is -2.29. The summed E-state index contributed by atoms with van der Waals surface area (Å²) in [5.41, 5.74) is 8.31. The summed E-state index contributed by atoms with van der Waals surface area (Å²) in [5.74, 6) is 1.21. The van der Waals surface area contributed by atoms with Crippen molar-refractivity contribution in [2.75, 3.05) is 24.0 Å². The summed E-state index contributed by atoms with van der Waals surface area (Å²) in [6.07, 6.45) is 3.37. The van der Waals surface area contributed by atoms with Gasteiger partial charge in [-0.2, -0.15) is 11.8 Å².